The van der Waals surface area contributed by atoms with Crippen LogP contribution in [0.15, 0.2) is 91.0 Å². The fraction of sp³-hybridized carbons (Fsp3) is 0.450. The van der Waals surface area contributed by atoms with Crippen LogP contribution >= 0.6 is 0 Å². The molecule has 59 heavy (non-hydrogen) atoms. The predicted molar refractivity (Wildman–Crippen MR) is 227 cm³/mol. The first-order valence-electron chi connectivity index (χ1n) is 19.4. The quantitative estimate of drug-likeness (QED) is 0.0444. The summed E-state index contributed by atoms with van der Waals surface area (Å²) in [6, 6.07) is 23.7. The number of rotatable bonds is 28. The van der Waals surface area contributed by atoms with Crippen LogP contribution in [-0.2, 0) is 57.8 Å². The second kappa shape index (κ2) is 25.0. The molecule has 3 atom stereocenters. The molecule has 0 fully saturated rings. The van der Waals surface area contributed by atoms with Crippen molar-refractivity contribution in [3.63, 3.8) is 0 Å². The molecule has 0 aliphatic carbocycles. The summed E-state index contributed by atoms with van der Waals surface area (Å²) < 4.78 is 56.4. The molecule has 17 nitrogen and oxygen atoms in total. The number of likely N-dealkylation sites (N-methyl/N-ethyl adjacent to an activating group) is 1. The zero-order valence-corrected chi connectivity index (χ0v) is 35.1. The molecule has 4 amide bonds. The Morgan fingerprint density at radius 2 is 1.14 bits per heavy atom. The summed E-state index contributed by atoms with van der Waals surface area (Å²) in [4.78, 5) is 52.8. The molecule has 0 aromatic heterocycles. The molecule has 0 saturated heterocycles. The van der Waals surface area contributed by atoms with Crippen LogP contribution < -0.4 is 38.5 Å². The zero-order valence-electron chi connectivity index (χ0n) is 33.5. The van der Waals surface area contributed by atoms with Crippen LogP contribution in [0, 0.1) is 0 Å². The van der Waals surface area contributed by atoms with Gasteiger partial charge in [0.1, 0.15) is 6.04 Å². The number of benzene rings is 3. The van der Waals surface area contributed by atoms with Crippen molar-refractivity contribution in [2.45, 2.75) is 56.0 Å². The Labute approximate surface area is 347 Å². The molecule has 0 spiro atoms. The summed E-state index contributed by atoms with van der Waals surface area (Å²) in [5.41, 5.74) is 19.0. The fourth-order valence-corrected chi connectivity index (χ4v) is 9.20. The Hall–Kier alpha value is -4.76. The molecule has 0 radical (unpaired) electrons. The Kier molecular flexibility index (Phi) is 20.6. The van der Waals surface area contributed by atoms with Gasteiger partial charge in [-0.3, -0.25) is 19.2 Å². The van der Waals surface area contributed by atoms with Crippen LogP contribution in [0.2, 0.25) is 0 Å². The number of sulfonamides is 2. The topological polar surface area (TPSA) is 269 Å². The fourth-order valence-electron chi connectivity index (χ4n) is 6.39. The third-order valence-electron chi connectivity index (χ3n) is 9.15. The van der Waals surface area contributed by atoms with E-state index in [1.54, 1.807) is 67.7 Å². The third kappa shape index (κ3) is 18.0. The summed E-state index contributed by atoms with van der Waals surface area (Å²) in [5.74, 6) is -3.61. The Morgan fingerprint density at radius 3 is 1.63 bits per heavy atom. The first-order valence-corrected chi connectivity index (χ1v) is 22.7. The highest BCUT2D eigenvalue weighted by Gasteiger charge is 2.32. The monoisotopic (exact) mass is 857 g/mol. The van der Waals surface area contributed by atoms with Gasteiger partial charge in [-0.2, -0.15) is 8.61 Å². The van der Waals surface area contributed by atoms with Gasteiger partial charge in [0.2, 0.25) is 43.7 Å². The highest BCUT2D eigenvalue weighted by Crippen LogP contribution is 2.15. The SMILES string of the molecule is CNCC(=O)N[C@@H](Cc1ccccc1)CN(CC(=O)N[C@@H](CCCCN)C(=O)N[C@@H](Cc1ccccc1)CN(CC(N)=O)S(=O)(=O)Cc1ccccc1)S(=O)(=O)CCN. The van der Waals surface area contributed by atoms with Gasteiger partial charge in [0.25, 0.3) is 0 Å². The standard InChI is InChI=1S/C40H59N9O8S2/c1-44-25-38(51)45-34(23-31-13-5-2-6-14-31)26-49(58(54,55)22-21-42)29-39(52)47-36(19-11-12-20-41)40(53)46-35(24-32-15-7-3-8-16-32)27-48(28-37(43)50)59(56,57)30-33-17-9-4-10-18-33/h2-10,13-18,34-36,44H,11-12,19-30,41-42H2,1H3,(H2,43,50)(H,45,51)(H,46,53)(H,47,52)/t34-,35-,36-/m0/s1. The molecule has 0 aliphatic heterocycles. The average Bonchev–Trinajstić information content (AvgIpc) is 3.18. The van der Waals surface area contributed by atoms with E-state index >= 15 is 0 Å². The van der Waals surface area contributed by atoms with Crippen molar-refractivity contribution in [1.82, 2.24) is 29.9 Å². The molecule has 0 unspecified atom stereocenters. The number of nitrogens with two attached hydrogens (primary N) is 3. The second-order valence-corrected chi connectivity index (χ2v) is 18.2. The first-order chi connectivity index (χ1) is 28.1. The molecule has 3 aromatic rings. The summed E-state index contributed by atoms with van der Waals surface area (Å²) in [6.45, 7) is -1.85. The van der Waals surface area contributed by atoms with Gasteiger partial charge in [0.05, 0.1) is 31.1 Å². The number of unbranched alkanes of at least 4 members (excludes halogenated alkanes) is 1. The van der Waals surface area contributed by atoms with Crippen molar-refractivity contribution in [1.29, 1.82) is 0 Å². The van der Waals surface area contributed by atoms with Crippen LogP contribution in [0.3, 0.4) is 0 Å². The average molecular weight is 858 g/mol. The summed E-state index contributed by atoms with van der Waals surface area (Å²) in [5, 5.41) is 11.2. The van der Waals surface area contributed by atoms with Gasteiger partial charge in [-0.1, -0.05) is 91.0 Å². The van der Waals surface area contributed by atoms with Crippen molar-refractivity contribution in [2.24, 2.45) is 17.2 Å². The molecule has 0 bridgehead atoms. The van der Waals surface area contributed by atoms with Gasteiger partial charge in [0.15, 0.2) is 0 Å². The van der Waals surface area contributed by atoms with Crippen molar-refractivity contribution in [3.8, 4) is 0 Å². The predicted octanol–water partition coefficient (Wildman–Crippen LogP) is -0.818. The highest BCUT2D eigenvalue weighted by molar-refractivity contribution is 7.89. The van der Waals surface area contributed by atoms with Crippen LogP contribution in [0.4, 0.5) is 0 Å². The number of hydrogen-bond acceptors (Lipinski definition) is 11. The van der Waals surface area contributed by atoms with Gasteiger partial charge in [-0.05, 0) is 62.4 Å². The molecule has 0 aliphatic rings. The van der Waals surface area contributed by atoms with E-state index in [1.807, 2.05) is 30.3 Å². The van der Waals surface area contributed by atoms with Crippen LogP contribution in [0.25, 0.3) is 0 Å². The molecule has 3 aromatic carbocycles. The molecule has 324 valence electrons. The maximum absolute atomic E-state index is 14.1. The van der Waals surface area contributed by atoms with E-state index in [0.29, 0.717) is 24.9 Å². The van der Waals surface area contributed by atoms with Crippen molar-refractivity contribution >= 4 is 43.7 Å². The molecular weight excluding hydrogens is 799 g/mol. The number of carbonyl (C=O) groups excluding carboxylic acids is 4. The number of carbonyl (C=O) groups is 4. The van der Waals surface area contributed by atoms with E-state index in [2.05, 4.69) is 21.3 Å². The lowest BCUT2D eigenvalue weighted by Crippen LogP contribution is -2.56. The third-order valence-corrected chi connectivity index (χ3v) is 12.7. The minimum atomic E-state index is -4.13. The maximum atomic E-state index is 14.1. The molecule has 19 heteroatoms. The van der Waals surface area contributed by atoms with Gasteiger partial charge < -0.3 is 38.5 Å². The Bertz CT molecular complexity index is 1980. The summed E-state index contributed by atoms with van der Waals surface area (Å²) in [7, 11) is -6.66. The van der Waals surface area contributed by atoms with Gasteiger partial charge in [-0.25, -0.2) is 16.8 Å². The lowest BCUT2D eigenvalue weighted by molar-refractivity contribution is -0.129. The van der Waals surface area contributed by atoms with Gasteiger partial charge in [0, 0.05) is 31.7 Å². The summed E-state index contributed by atoms with van der Waals surface area (Å²) >= 11 is 0. The smallest absolute Gasteiger partial charge is 0.242 e. The van der Waals surface area contributed by atoms with Crippen LogP contribution in [0.5, 0.6) is 0 Å². The van der Waals surface area contributed by atoms with Crippen molar-refractivity contribution in [2.75, 3.05) is 58.6 Å². The van der Waals surface area contributed by atoms with E-state index in [9.17, 15) is 36.0 Å². The second-order valence-electron chi connectivity index (χ2n) is 14.2. The van der Waals surface area contributed by atoms with E-state index in [4.69, 9.17) is 17.2 Å². The molecule has 0 saturated carbocycles. The zero-order chi connectivity index (χ0) is 43.3. The lowest BCUT2D eigenvalue weighted by atomic mass is 10.0. The van der Waals surface area contributed by atoms with E-state index < -0.39 is 80.5 Å². The molecule has 0 heterocycles. The van der Waals surface area contributed by atoms with E-state index in [-0.39, 0.29) is 51.3 Å². The lowest BCUT2D eigenvalue weighted by Gasteiger charge is -2.30. The minimum Gasteiger partial charge on any atom is -0.369 e. The largest absolute Gasteiger partial charge is 0.369 e. The van der Waals surface area contributed by atoms with Crippen LogP contribution in [0.1, 0.15) is 36.0 Å². The molecular formula is C40H59N9O8S2. The maximum Gasteiger partial charge on any atom is 0.242 e. The first kappa shape index (κ1) is 48.6. The van der Waals surface area contributed by atoms with Crippen molar-refractivity contribution < 1.29 is 36.0 Å². The Morgan fingerprint density at radius 1 is 0.627 bits per heavy atom. The van der Waals surface area contributed by atoms with Gasteiger partial charge in [-0.15, -0.1) is 0 Å². The highest BCUT2D eigenvalue weighted by atomic mass is 32.2. The number of nitrogens with zero attached hydrogens (tertiary/aromatic N) is 2. The molecule has 3 rings (SSSR count). The van der Waals surface area contributed by atoms with Crippen molar-refractivity contribution in [3.05, 3.63) is 108 Å². The normalized spacial score (nSPS) is 13.4. The summed E-state index contributed by atoms with van der Waals surface area (Å²) in [6.07, 6.45) is 1.47. The van der Waals surface area contributed by atoms with Gasteiger partial charge >= 0.3 is 0 Å². The minimum absolute atomic E-state index is 0.0224. The number of primary amides is 1. The van der Waals surface area contributed by atoms with Crippen LogP contribution in [-0.4, -0.2) is 126 Å². The Balaban J connectivity index is 1.91. The van der Waals surface area contributed by atoms with E-state index in [0.717, 1.165) is 19.7 Å². The number of hydrogen-bond donors (Lipinski definition) is 7. The number of amides is 4. The molecule has 10 N–H and O–H groups in total. The van der Waals surface area contributed by atoms with E-state index in [1.165, 1.54) is 0 Å². The number of nitrogens with one attached hydrogen (secondary N) is 4.